The van der Waals surface area contributed by atoms with E-state index in [1.54, 1.807) is 0 Å². The molecule has 0 N–H and O–H groups in total. The van der Waals surface area contributed by atoms with Crippen LogP contribution in [0.15, 0.2) is 48.5 Å². The maximum atomic E-state index is 6.25. The highest BCUT2D eigenvalue weighted by Crippen LogP contribution is 2.36. The first-order chi connectivity index (χ1) is 15.0. The number of rotatable bonds is 8. The zero-order valence-corrected chi connectivity index (χ0v) is 20.0. The second-order valence-electron chi connectivity index (χ2n) is 9.50. The highest BCUT2D eigenvalue weighted by atomic mass is 35.5. The van der Waals surface area contributed by atoms with E-state index in [4.69, 9.17) is 16.3 Å². The number of benzene rings is 2. The molecule has 2 aliphatic rings. The molecular formula is C27H37ClN2O. The Labute approximate surface area is 193 Å². The summed E-state index contributed by atoms with van der Waals surface area (Å²) in [4.78, 5) is 5.25. The van der Waals surface area contributed by atoms with Crippen LogP contribution in [0.1, 0.15) is 76.1 Å². The average molecular weight is 441 g/mol. The number of nitrogens with zero attached hydrogens (tertiary/aromatic N) is 2. The molecule has 31 heavy (non-hydrogen) atoms. The molecule has 0 aromatic heterocycles. The van der Waals surface area contributed by atoms with Crippen molar-refractivity contribution in [3.05, 3.63) is 64.7 Å². The van der Waals surface area contributed by atoms with E-state index in [0.717, 1.165) is 30.3 Å². The van der Waals surface area contributed by atoms with Gasteiger partial charge in [0.2, 0.25) is 0 Å². The van der Waals surface area contributed by atoms with Crippen LogP contribution >= 0.6 is 11.6 Å². The lowest BCUT2D eigenvalue weighted by molar-refractivity contribution is 0.161. The number of hydrogen-bond acceptors (Lipinski definition) is 3. The molecule has 3 atom stereocenters. The highest BCUT2D eigenvalue weighted by Gasteiger charge is 2.30. The first-order valence-corrected chi connectivity index (χ1v) is 12.4. The van der Waals surface area contributed by atoms with Gasteiger partial charge in [-0.3, -0.25) is 9.80 Å². The van der Waals surface area contributed by atoms with Crippen LogP contribution < -0.4 is 4.74 Å². The van der Waals surface area contributed by atoms with E-state index < -0.39 is 0 Å². The van der Waals surface area contributed by atoms with Gasteiger partial charge in [0.05, 0.1) is 6.61 Å². The van der Waals surface area contributed by atoms with E-state index in [1.165, 1.54) is 43.4 Å². The van der Waals surface area contributed by atoms with Gasteiger partial charge in [-0.25, -0.2) is 0 Å². The quantitative estimate of drug-likeness (QED) is 0.445. The zero-order chi connectivity index (χ0) is 21.8. The van der Waals surface area contributed by atoms with Crippen LogP contribution in [0, 0.1) is 0 Å². The van der Waals surface area contributed by atoms with Gasteiger partial charge in [-0.05, 0) is 101 Å². The van der Waals surface area contributed by atoms with Gasteiger partial charge < -0.3 is 4.74 Å². The van der Waals surface area contributed by atoms with Crippen molar-refractivity contribution >= 4 is 11.6 Å². The summed E-state index contributed by atoms with van der Waals surface area (Å²) in [5.41, 5.74) is 2.74. The number of hydrogen-bond donors (Lipinski definition) is 0. The number of likely N-dealkylation sites (tertiary alicyclic amines) is 2. The van der Waals surface area contributed by atoms with Gasteiger partial charge in [-0.2, -0.15) is 0 Å². The fraction of sp³-hybridized carbons (Fsp3) is 0.556. The lowest BCUT2D eigenvalue weighted by atomic mass is 10.0. The summed E-state index contributed by atoms with van der Waals surface area (Å²) >= 11 is 6.25. The Hall–Kier alpha value is -1.55. The normalized spacial score (nSPS) is 23.5. The molecule has 4 heteroatoms. The van der Waals surface area contributed by atoms with Crippen LogP contribution in [0.4, 0.5) is 0 Å². The first-order valence-electron chi connectivity index (χ1n) is 12.0. The smallest absolute Gasteiger partial charge is 0.119 e. The van der Waals surface area contributed by atoms with E-state index >= 15 is 0 Å². The largest absolute Gasteiger partial charge is 0.494 e. The SMILES string of the molecule is CC(C)N1CCCC1c1cccc(OCCC(C)N2CCCC2c2cccc(Cl)c2)c1. The van der Waals surface area contributed by atoms with Crippen molar-refractivity contribution in [1.82, 2.24) is 9.80 Å². The molecule has 0 aliphatic carbocycles. The molecule has 2 fully saturated rings. The van der Waals surface area contributed by atoms with Gasteiger partial charge in [0.1, 0.15) is 5.75 Å². The lowest BCUT2D eigenvalue weighted by Crippen LogP contribution is -2.33. The van der Waals surface area contributed by atoms with Gasteiger partial charge in [0, 0.05) is 29.2 Å². The molecule has 2 aromatic carbocycles. The van der Waals surface area contributed by atoms with E-state index in [9.17, 15) is 0 Å². The third-order valence-electron chi connectivity index (χ3n) is 7.10. The monoisotopic (exact) mass is 440 g/mol. The molecule has 2 saturated heterocycles. The molecule has 0 amide bonds. The molecule has 2 heterocycles. The Morgan fingerprint density at radius 1 is 0.903 bits per heavy atom. The van der Waals surface area contributed by atoms with Crippen LogP contribution in [0.2, 0.25) is 5.02 Å². The minimum atomic E-state index is 0.474. The minimum absolute atomic E-state index is 0.474. The summed E-state index contributed by atoms with van der Waals surface area (Å²) in [6.45, 7) is 10.0. The molecule has 3 nitrogen and oxygen atoms in total. The molecule has 0 radical (unpaired) electrons. The Bertz CT molecular complexity index is 855. The van der Waals surface area contributed by atoms with Crippen LogP contribution in [0.3, 0.4) is 0 Å². The van der Waals surface area contributed by atoms with Crippen LogP contribution in [-0.4, -0.2) is 41.6 Å². The Morgan fingerprint density at radius 2 is 1.55 bits per heavy atom. The summed E-state index contributed by atoms with van der Waals surface area (Å²) in [5, 5.41) is 0.832. The van der Waals surface area contributed by atoms with E-state index in [1.807, 2.05) is 6.07 Å². The summed E-state index contributed by atoms with van der Waals surface area (Å²) in [6.07, 6.45) is 6.02. The molecule has 168 valence electrons. The third kappa shape index (κ3) is 5.45. The second kappa shape index (κ2) is 10.4. The Morgan fingerprint density at radius 3 is 2.26 bits per heavy atom. The maximum absolute atomic E-state index is 6.25. The van der Waals surface area contributed by atoms with Crippen molar-refractivity contribution in [2.75, 3.05) is 19.7 Å². The number of halogens is 1. The van der Waals surface area contributed by atoms with Gasteiger partial charge in [0.15, 0.2) is 0 Å². The lowest BCUT2D eigenvalue weighted by Gasteiger charge is -2.31. The molecule has 2 aliphatic heterocycles. The van der Waals surface area contributed by atoms with E-state index in [0.29, 0.717) is 24.2 Å². The minimum Gasteiger partial charge on any atom is -0.494 e. The number of ether oxygens (including phenoxy) is 1. The van der Waals surface area contributed by atoms with E-state index in [2.05, 4.69) is 73.0 Å². The van der Waals surface area contributed by atoms with Crippen molar-refractivity contribution in [1.29, 1.82) is 0 Å². The molecule has 3 unspecified atom stereocenters. The summed E-state index contributed by atoms with van der Waals surface area (Å²) in [6, 6.07) is 19.2. The van der Waals surface area contributed by atoms with Gasteiger partial charge in [-0.1, -0.05) is 35.9 Å². The fourth-order valence-electron chi connectivity index (χ4n) is 5.48. The van der Waals surface area contributed by atoms with Crippen molar-refractivity contribution in [3.8, 4) is 5.75 Å². The predicted octanol–water partition coefficient (Wildman–Crippen LogP) is 6.88. The first kappa shape index (κ1) is 22.6. The van der Waals surface area contributed by atoms with Crippen LogP contribution in [-0.2, 0) is 0 Å². The predicted molar refractivity (Wildman–Crippen MR) is 130 cm³/mol. The summed E-state index contributed by atoms with van der Waals surface area (Å²) in [7, 11) is 0. The van der Waals surface area contributed by atoms with Gasteiger partial charge >= 0.3 is 0 Å². The third-order valence-corrected chi connectivity index (χ3v) is 7.33. The Balaban J connectivity index is 1.33. The molecular weight excluding hydrogens is 404 g/mol. The molecule has 4 rings (SSSR count). The van der Waals surface area contributed by atoms with Crippen molar-refractivity contribution in [3.63, 3.8) is 0 Å². The van der Waals surface area contributed by atoms with Crippen LogP contribution in [0.5, 0.6) is 5.75 Å². The molecule has 2 aromatic rings. The van der Waals surface area contributed by atoms with Crippen molar-refractivity contribution in [2.45, 2.75) is 77.0 Å². The molecule has 0 saturated carbocycles. The van der Waals surface area contributed by atoms with Gasteiger partial charge in [0.25, 0.3) is 0 Å². The second-order valence-corrected chi connectivity index (χ2v) is 9.94. The average Bonchev–Trinajstić information content (AvgIpc) is 3.44. The van der Waals surface area contributed by atoms with Gasteiger partial charge in [-0.15, -0.1) is 0 Å². The van der Waals surface area contributed by atoms with Crippen molar-refractivity contribution in [2.24, 2.45) is 0 Å². The van der Waals surface area contributed by atoms with Crippen molar-refractivity contribution < 1.29 is 4.74 Å². The zero-order valence-electron chi connectivity index (χ0n) is 19.3. The molecule has 0 spiro atoms. The van der Waals surface area contributed by atoms with E-state index in [-0.39, 0.29) is 0 Å². The maximum Gasteiger partial charge on any atom is 0.119 e. The molecule has 0 bridgehead atoms. The summed E-state index contributed by atoms with van der Waals surface area (Å²) < 4.78 is 6.23. The summed E-state index contributed by atoms with van der Waals surface area (Å²) in [5.74, 6) is 1.01. The Kier molecular flexibility index (Phi) is 7.58. The highest BCUT2D eigenvalue weighted by molar-refractivity contribution is 6.30. The fourth-order valence-corrected chi connectivity index (χ4v) is 5.68. The standard InChI is InChI=1S/C27H37ClN2O/c1-20(2)29-15-6-12-26(29)23-9-5-11-25(19-23)31-17-14-21(3)30-16-7-13-27(30)22-8-4-10-24(28)18-22/h4-5,8-11,18-21,26-27H,6-7,12-17H2,1-3H3. The van der Waals surface area contributed by atoms with Crippen LogP contribution in [0.25, 0.3) is 0 Å². The topological polar surface area (TPSA) is 15.7 Å².